The minimum atomic E-state index is -0.666. The summed E-state index contributed by atoms with van der Waals surface area (Å²) in [6.45, 7) is 1.94. The van der Waals surface area contributed by atoms with Gasteiger partial charge in [0.25, 0.3) is 0 Å². The smallest absolute Gasteiger partial charge is 0.243 e. The second kappa shape index (κ2) is 9.67. The Hall–Kier alpha value is -2.22. The number of carbonyl (C=O) groups is 2. The number of anilines is 1. The van der Waals surface area contributed by atoms with Gasteiger partial charge in [-0.15, -0.1) is 0 Å². The van der Waals surface area contributed by atoms with Crippen LogP contribution < -0.4 is 10.9 Å². The van der Waals surface area contributed by atoms with Crippen LogP contribution in [-0.4, -0.2) is 34.1 Å². The summed E-state index contributed by atoms with van der Waals surface area (Å²) >= 11 is 0. The summed E-state index contributed by atoms with van der Waals surface area (Å²) in [5.41, 5.74) is 4.92. The highest BCUT2D eigenvalue weighted by Gasteiger charge is 2.20. The zero-order valence-electron chi connectivity index (χ0n) is 12.5. The van der Waals surface area contributed by atoms with E-state index in [1.165, 1.54) is 18.2 Å². The van der Waals surface area contributed by atoms with Crippen LogP contribution in [0.2, 0.25) is 0 Å². The number of amides is 2. The first kappa shape index (κ1) is 17.8. The molecule has 0 bridgehead atoms. The molecule has 0 unspecified atom stereocenters. The fraction of sp³-hybridized carbons (Fsp3) is 0.500. The third kappa shape index (κ3) is 6.49. The Morgan fingerprint density at radius 2 is 2.27 bits per heavy atom. The molecule has 0 aliphatic heterocycles. The van der Waals surface area contributed by atoms with Gasteiger partial charge < -0.3 is 0 Å². The standard InChI is InChI=1S/C14H21FN4O3/c1-2-3-4-6-11(9-19(22)10-20)14(21)18-17-13-8-5-7-12(15)16-13/h5,7-8,10-11,22H,2-4,6,9H2,1H3,(H,16,17)(H,18,21)/t11-/m0/s1. The molecular weight excluding hydrogens is 291 g/mol. The highest BCUT2D eigenvalue weighted by molar-refractivity contribution is 5.80. The van der Waals surface area contributed by atoms with Crippen molar-refractivity contribution in [3.05, 3.63) is 24.1 Å². The molecule has 122 valence electrons. The number of nitrogens with one attached hydrogen (secondary N) is 2. The topological polar surface area (TPSA) is 94.6 Å². The van der Waals surface area contributed by atoms with Gasteiger partial charge in [0.2, 0.25) is 18.3 Å². The van der Waals surface area contributed by atoms with E-state index in [-0.39, 0.29) is 18.8 Å². The number of rotatable bonds is 10. The second-order valence-corrected chi connectivity index (χ2v) is 4.88. The number of hydrogen-bond donors (Lipinski definition) is 3. The Bertz CT molecular complexity index is 487. The van der Waals surface area contributed by atoms with Crippen LogP contribution >= 0.6 is 0 Å². The predicted octanol–water partition coefficient (Wildman–Crippen LogP) is 1.71. The molecule has 0 aromatic carbocycles. The fourth-order valence-electron chi connectivity index (χ4n) is 1.92. The highest BCUT2D eigenvalue weighted by Crippen LogP contribution is 2.11. The van der Waals surface area contributed by atoms with Crippen molar-refractivity contribution < 1.29 is 19.2 Å². The van der Waals surface area contributed by atoms with E-state index in [0.29, 0.717) is 11.5 Å². The largest absolute Gasteiger partial charge is 0.286 e. The summed E-state index contributed by atoms with van der Waals surface area (Å²) < 4.78 is 12.9. The normalized spacial score (nSPS) is 11.6. The van der Waals surface area contributed by atoms with Crippen molar-refractivity contribution in [2.24, 2.45) is 5.92 Å². The Balaban J connectivity index is 2.55. The minimum absolute atomic E-state index is 0.0999. The average molecular weight is 312 g/mol. The summed E-state index contributed by atoms with van der Waals surface area (Å²) in [4.78, 5) is 26.1. The van der Waals surface area contributed by atoms with E-state index in [9.17, 15) is 19.2 Å². The SMILES string of the molecule is CCCCC[C@@H](CN(O)C=O)C(=O)NNc1cccc(F)n1. The number of carbonyl (C=O) groups excluding carboxylic acids is 2. The van der Waals surface area contributed by atoms with Gasteiger partial charge in [-0.05, 0) is 18.6 Å². The van der Waals surface area contributed by atoms with E-state index in [1.807, 2.05) is 6.92 Å². The first-order chi connectivity index (χ1) is 10.6. The molecule has 8 heteroatoms. The van der Waals surface area contributed by atoms with E-state index in [4.69, 9.17) is 0 Å². The molecule has 7 nitrogen and oxygen atoms in total. The molecule has 0 spiro atoms. The summed E-state index contributed by atoms with van der Waals surface area (Å²) in [6, 6.07) is 4.14. The number of hydrogen-bond acceptors (Lipinski definition) is 5. The van der Waals surface area contributed by atoms with Gasteiger partial charge in [0.1, 0.15) is 5.82 Å². The lowest BCUT2D eigenvalue weighted by atomic mass is 10.0. The molecule has 1 heterocycles. The molecule has 22 heavy (non-hydrogen) atoms. The van der Waals surface area contributed by atoms with Crippen LogP contribution in [0.3, 0.4) is 0 Å². The maximum absolute atomic E-state index is 12.9. The molecule has 1 rings (SSSR count). The fourth-order valence-corrected chi connectivity index (χ4v) is 1.92. The minimum Gasteiger partial charge on any atom is -0.286 e. The molecule has 1 aromatic heterocycles. The Morgan fingerprint density at radius 3 is 2.91 bits per heavy atom. The van der Waals surface area contributed by atoms with Crippen molar-refractivity contribution >= 4 is 18.1 Å². The molecule has 0 radical (unpaired) electrons. The third-order valence-corrected chi connectivity index (χ3v) is 3.08. The van der Waals surface area contributed by atoms with Crippen molar-refractivity contribution in [1.29, 1.82) is 0 Å². The van der Waals surface area contributed by atoms with E-state index < -0.39 is 17.8 Å². The number of pyridine rings is 1. The monoisotopic (exact) mass is 312 g/mol. The average Bonchev–Trinajstić information content (AvgIpc) is 2.51. The number of unbranched alkanes of at least 4 members (excludes halogenated alkanes) is 2. The third-order valence-electron chi connectivity index (χ3n) is 3.08. The van der Waals surface area contributed by atoms with Crippen LogP contribution in [0.15, 0.2) is 18.2 Å². The zero-order chi connectivity index (χ0) is 16.4. The summed E-state index contributed by atoms with van der Waals surface area (Å²) in [7, 11) is 0. The van der Waals surface area contributed by atoms with E-state index >= 15 is 0 Å². The van der Waals surface area contributed by atoms with Crippen molar-refractivity contribution in [2.45, 2.75) is 32.6 Å². The molecule has 0 aliphatic rings. The molecule has 3 N–H and O–H groups in total. The van der Waals surface area contributed by atoms with Crippen molar-refractivity contribution in [1.82, 2.24) is 15.5 Å². The molecule has 0 saturated carbocycles. The molecule has 0 fully saturated rings. The lowest BCUT2D eigenvalue weighted by Crippen LogP contribution is -2.40. The van der Waals surface area contributed by atoms with Gasteiger partial charge in [0.05, 0.1) is 12.5 Å². The Morgan fingerprint density at radius 1 is 1.50 bits per heavy atom. The highest BCUT2D eigenvalue weighted by atomic mass is 19.1. The van der Waals surface area contributed by atoms with E-state index in [0.717, 1.165) is 19.3 Å². The summed E-state index contributed by atoms with van der Waals surface area (Å²) in [5.74, 6) is -1.47. The lowest BCUT2D eigenvalue weighted by molar-refractivity contribution is -0.154. The quantitative estimate of drug-likeness (QED) is 0.201. The van der Waals surface area contributed by atoms with Gasteiger partial charge in [0.15, 0.2) is 0 Å². The summed E-state index contributed by atoms with van der Waals surface area (Å²) in [5, 5.41) is 9.70. The van der Waals surface area contributed by atoms with Crippen LogP contribution in [0, 0.1) is 11.9 Å². The van der Waals surface area contributed by atoms with Crippen LogP contribution in [-0.2, 0) is 9.59 Å². The maximum atomic E-state index is 12.9. The van der Waals surface area contributed by atoms with Gasteiger partial charge in [0, 0.05) is 0 Å². The maximum Gasteiger partial charge on any atom is 0.243 e. The van der Waals surface area contributed by atoms with Crippen molar-refractivity contribution in [3.63, 3.8) is 0 Å². The van der Waals surface area contributed by atoms with Crippen LogP contribution in [0.25, 0.3) is 0 Å². The zero-order valence-corrected chi connectivity index (χ0v) is 12.5. The van der Waals surface area contributed by atoms with E-state index in [2.05, 4.69) is 15.8 Å². The van der Waals surface area contributed by atoms with Gasteiger partial charge >= 0.3 is 0 Å². The summed E-state index contributed by atoms with van der Waals surface area (Å²) in [6.07, 6.45) is 3.54. The molecular formula is C14H21FN4O3. The van der Waals surface area contributed by atoms with Gasteiger partial charge in [-0.2, -0.15) is 4.39 Å². The number of halogens is 1. The molecule has 0 aliphatic carbocycles. The number of nitrogens with zero attached hydrogens (tertiary/aromatic N) is 2. The molecule has 1 aromatic rings. The van der Waals surface area contributed by atoms with Gasteiger partial charge in [-0.1, -0.05) is 32.3 Å². The van der Waals surface area contributed by atoms with Crippen molar-refractivity contribution in [2.75, 3.05) is 12.0 Å². The Labute approximate surface area is 128 Å². The molecule has 0 saturated heterocycles. The second-order valence-electron chi connectivity index (χ2n) is 4.88. The number of aromatic nitrogens is 1. The Kier molecular flexibility index (Phi) is 7.84. The van der Waals surface area contributed by atoms with Crippen LogP contribution in [0.1, 0.15) is 32.6 Å². The number of hydrazine groups is 1. The van der Waals surface area contributed by atoms with Gasteiger partial charge in [-0.25, -0.2) is 10.0 Å². The lowest BCUT2D eigenvalue weighted by Gasteiger charge is -2.19. The molecule has 2 amide bonds. The first-order valence-corrected chi connectivity index (χ1v) is 7.16. The predicted molar refractivity (Wildman–Crippen MR) is 78.1 cm³/mol. The molecule has 1 atom stereocenters. The van der Waals surface area contributed by atoms with Crippen molar-refractivity contribution in [3.8, 4) is 0 Å². The van der Waals surface area contributed by atoms with Crippen LogP contribution in [0.5, 0.6) is 0 Å². The van der Waals surface area contributed by atoms with Gasteiger partial charge in [-0.3, -0.25) is 25.6 Å². The first-order valence-electron chi connectivity index (χ1n) is 7.16. The van der Waals surface area contributed by atoms with E-state index in [1.54, 1.807) is 0 Å². The number of hydroxylamine groups is 2. The van der Waals surface area contributed by atoms with Crippen LogP contribution in [0.4, 0.5) is 10.2 Å².